The van der Waals surface area contributed by atoms with Gasteiger partial charge in [-0.1, -0.05) is 53.2 Å². The van der Waals surface area contributed by atoms with E-state index in [2.05, 4.69) is 13.8 Å². The maximum Gasteiger partial charge on any atom is 0.411 e. The molecule has 9 nitrogen and oxygen atoms in total. The Hall–Kier alpha value is -3.10. The highest BCUT2D eigenvalue weighted by Crippen LogP contribution is 2.70. The number of carbonyl (C=O) groups excluding carboxylic acids is 2. The normalized spacial score (nSPS) is 25.7. The van der Waals surface area contributed by atoms with Gasteiger partial charge in [-0.25, -0.2) is 4.79 Å². The summed E-state index contributed by atoms with van der Waals surface area (Å²) in [5.74, 6) is -1.22. The second-order valence-electron chi connectivity index (χ2n) is 9.62. The summed E-state index contributed by atoms with van der Waals surface area (Å²) in [4.78, 5) is 39.8. The van der Waals surface area contributed by atoms with Crippen molar-refractivity contribution in [2.24, 2.45) is 11.1 Å². The molecule has 9 heteroatoms. The average molecular weight is 489 g/mol. The SMILES string of the molecule is CC.CC12C[C@]1(C)N(CC(=O)O)C(=O)OC21CCN(C(=O)c2ccc(C(=N)N)cc2)CC1.CCC. The van der Waals surface area contributed by atoms with Gasteiger partial charge in [0.05, 0.1) is 5.54 Å². The predicted molar refractivity (Wildman–Crippen MR) is 135 cm³/mol. The minimum atomic E-state index is -1.06. The Labute approximate surface area is 208 Å². The molecule has 2 saturated heterocycles. The summed E-state index contributed by atoms with van der Waals surface area (Å²) >= 11 is 0. The van der Waals surface area contributed by atoms with Crippen LogP contribution in [0.2, 0.25) is 0 Å². The minimum Gasteiger partial charge on any atom is -0.480 e. The number of nitrogen functional groups attached to an aromatic ring is 1. The van der Waals surface area contributed by atoms with Crippen LogP contribution in [-0.4, -0.2) is 69.5 Å². The number of amides is 2. The maximum absolute atomic E-state index is 12.9. The molecule has 3 fully saturated rings. The van der Waals surface area contributed by atoms with Gasteiger partial charge in [-0.05, 0) is 25.5 Å². The maximum atomic E-state index is 12.9. The van der Waals surface area contributed by atoms with Crippen molar-refractivity contribution in [1.29, 1.82) is 5.41 Å². The summed E-state index contributed by atoms with van der Waals surface area (Å²) in [5, 5.41) is 16.6. The van der Waals surface area contributed by atoms with Crippen LogP contribution < -0.4 is 5.73 Å². The molecule has 1 saturated carbocycles. The molecule has 2 atom stereocenters. The molecule has 2 amide bonds. The second kappa shape index (κ2) is 10.7. The number of aliphatic carboxylic acids is 1. The minimum absolute atomic E-state index is 0.0503. The number of ether oxygens (including phenoxy) is 1. The van der Waals surface area contributed by atoms with E-state index in [9.17, 15) is 14.4 Å². The van der Waals surface area contributed by atoms with Gasteiger partial charge in [0.15, 0.2) is 0 Å². The molecule has 4 N–H and O–H groups in total. The van der Waals surface area contributed by atoms with E-state index < -0.39 is 23.2 Å². The highest BCUT2D eigenvalue weighted by molar-refractivity contribution is 5.98. The molecular weight excluding hydrogens is 448 g/mol. The van der Waals surface area contributed by atoms with Crippen molar-refractivity contribution in [2.45, 2.75) is 78.4 Å². The highest BCUT2D eigenvalue weighted by atomic mass is 16.6. The van der Waals surface area contributed by atoms with Crippen LogP contribution in [0.4, 0.5) is 4.79 Å². The molecule has 0 bridgehead atoms. The molecule has 0 aromatic heterocycles. The summed E-state index contributed by atoms with van der Waals surface area (Å²) in [6.07, 6.45) is 2.38. The molecule has 35 heavy (non-hydrogen) atoms. The Morgan fingerprint density at radius 1 is 1.09 bits per heavy atom. The molecule has 194 valence electrons. The zero-order valence-electron chi connectivity index (χ0n) is 21.8. The number of likely N-dealkylation sites (tertiary alicyclic amines) is 1. The van der Waals surface area contributed by atoms with Crippen LogP contribution in [0.3, 0.4) is 0 Å². The van der Waals surface area contributed by atoms with E-state index in [4.69, 9.17) is 21.0 Å². The number of carboxylic acids is 1. The summed E-state index contributed by atoms with van der Waals surface area (Å²) in [5.41, 5.74) is 4.96. The van der Waals surface area contributed by atoms with E-state index in [1.54, 1.807) is 29.2 Å². The molecule has 1 aromatic rings. The standard InChI is InChI=1S/C21H26N4O5.C3H8.C2H6/c1-19-12-20(19,2)25(11-15(26)27)18(29)30-21(19)7-9-24(10-8-21)17(28)14-5-3-13(4-6-14)16(22)23;1-3-2;1-2/h3-6H,7-12H2,1-2H3,(H3,22,23)(H,26,27);3H2,1-2H3;1-2H3/t19?,20-;;/m0../s1. The fraction of sp³-hybridized carbons (Fsp3) is 0.615. The number of carboxylic acid groups (broad SMARTS) is 1. The van der Waals surface area contributed by atoms with Crippen LogP contribution in [0.1, 0.15) is 83.1 Å². The topological polar surface area (TPSA) is 137 Å². The molecule has 4 rings (SSSR count). The molecule has 1 aliphatic carbocycles. The smallest absolute Gasteiger partial charge is 0.411 e. The van der Waals surface area contributed by atoms with E-state index in [1.165, 1.54) is 11.3 Å². The lowest BCUT2D eigenvalue weighted by Crippen LogP contribution is -2.63. The molecular formula is C26H40N4O5. The van der Waals surface area contributed by atoms with Gasteiger partial charge in [-0.2, -0.15) is 0 Å². The molecule has 1 unspecified atom stereocenters. The number of carbonyl (C=O) groups is 3. The van der Waals surface area contributed by atoms with E-state index in [0.29, 0.717) is 43.5 Å². The largest absolute Gasteiger partial charge is 0.480 e. The summed E-state index contributed by atoms with van der Waals surface area (Å²) in [7, 11) is 0. The summed E-state index contributed by atoms with van der Waals surface area (Å²) in [6, 6.07) is 6.62. The van der Waals surface area contributed by atoms with Crippen molar-refractivity contribution in [3.8, 4) is 0 Å². The fourth-order valence-electron chi connectivity index (χ4n) is 5.30. The zero-order chi connectivity index (χ0) is 26.6. The monoisotopic (exact) mass is 488 g/mol. The van der Waals surface area contributed by atoms with Crippen molar-refractivity contribution < 1.29 is 24.2 Å². The van der Waals surface area contributed by atoms with Crippen LogP contribution in [0, 0.1) is 10.8 Å². The molecule has 0 radical (unpaired) electrons. The number of fused-ring (bicyclic) bond motifs is 2. The van der Waals surface area contributed by atoms with Gasteiger partial charge in [-0.3, -0.25) is 19.9 Å². The molecule has 2 aliphatic heterocycles. The molecule has 1 aromatic carbocycles. The highest BCUT2D eigenvalue weighted by Gasteiger charge is 2.79. The Balaban J connectivity index is 0.000000803. The van der Waals surface area contributed by atoms with Crippen LogP contribution in [0.25, 0.3) is 0 Å². The molecule has 1 spiro atoms. The second-order valence-corrected chi connectivity index (χ2v) is 9.62. The number of nitrogens with zero attached hydrogens (tertiary/aromatic N) is 2. The van der Waals surface area contributed by atoms with E-state index in [0.717, 1.165) is 0 Å². The van der Waals surface area contributed by atoms with Crippen LogP contribution in [0.5, 0.6) is 0 Å². The van der Waals surface area contributed by atoms with Crippen LogP contribution in [-0.2, 0) is 9.53 Å². The van der Waals surface area contributed by atoms with Crippen molar-refractivity contribution in [3.05, 3.63) is 35.4 Å². The van der Waals surface area contributed by atoms with Crippen molar-refractivity contribution in [3.63, 3.8) is 0 Å². The predicted octanol–water partition coefficient (Wildman–Crippen LogP) is 4.09. The number of amidine groups is 1. The summed E-state index contributed by atoms with van der Waals surface area (Å²) < 4.78 is 5.87. The average Bonchev–Trinajstić information content (AvgIpc) is 3.43. The number of piperidine rings is 1. The number of nitrogens with two attached hydrogens (primary N) is 1. The summed E-state index contributed by atoms with van der Waals surface area (Å²) in [6.45, 7) is 12.7. The van der Waals surface area contributed by atoms with E-state index >= 15 is 0 Å². The quantitative estimate of drug-likeness (QED) is 0.431. The lowest BCUT2D eigenvalue weighted by Gasteiger charge is -2.51. The first-order valence-electron chi connectivity index (χ1n) is 12.4. The third-order valence-electron chi connectivity index (χ3n) is 7.46. The molecule has 2 heterocycles. The first-order chi connectivity index (χ1) is 16.4. The Bertz CT molecular complexity index is 955. The molecule has 3 aliphatic rings. The lowest BCUT2D eigenvalue weighted by molar-refractivity contribution is -0.149. The Kier molecular flexibility index (Phi) is 8.57. The van der Waals surface area contributed by atoms with E-state index in [-0.39, 0.29) is 23.7 Å². The van der Waals surface area contributed by atoms with Gasteiger partial charge in [0.1, 0.15) is 18.0 Å². The lowest BCUT2D eigenvalue weighted by atomic mass is 9.74. The van der Waals surface area contributed by atoms with Gasteiger partial charge in [0, 0.05) is 42.5 Å². The zero-order valence-corrected chi connectivity index (χ0v) is 21.8. The van der Waals surface area contributed by atoms with Gasteiger partial charge in [0.25, 0.3) is 5.91 Å². The van der Waals surface area contributed by atoms with Crippen molar-refractivity contribution in [2.75, 3.05) is 19.6 Å². The number of nitrogens with one attached hydrogen (secondary N) is 1. The first-order valence-corrected chi connectivity index (χ1v) is 12.4. The first kappa shape index (κ1) is 28.1. The Morgan fingerprint density at radius 3 is 2.03 bits per heavy atom. The van der Waals surface area contributed by atoms with Crippen molar-refractivity contribution in [1.82, 2.24) is 9.80 Å². The van der Waals surface area contributed by atoms with Crippen LogP contribution in [0.15, 0.2) is 24.3 Å². The number of hydrogen-bond donors (Lipinski definition) is 3. The fourth-order valence-corrected chi connectivity index (χ4v) is 5.30. The third kappa shape index (κ3) is 4.99. The number of benzene rings is 1. The number of hydrogen-bond acceptors (Lipinski definition) is 5. The van der Waals surface area contributed by atoms with E-state index in [1.807, 2.05) is 27.7 Å². The van der Waals surface area contributed by atoms with Gasteiger partial charge < -0.3 is 20.5 Å². The van der Waals surface area contributed by atoms with Crippen molar-refractivity contribution >= 4 is 23.8 Å². The van der Waals surface area contributed by atoms with Gasteiger partial charge >= 0.3 is 12.1 Å². The van der Waals surface area contributed by atoms with Gasteiger partial charge in [-0.15, -0.1) is 0 Å². The van der Waals surface area contributed by atoms with Crippen LogP contribution >= 0.6 is 0 Å². The Morgan fingerprint density at radius 2 is 1.57 bits per heavy atom. The van der Waals surface area contributed by atoms with Gasteiger partial charge in [0.2, 0.25) is 0 Å². The number of rotatable bonds is 4. The third-order valence-corrected chi connectivity index (χ3v) is 7.46.